The lowest BCUT2D eigenvalue weighted by molar-refractivity contribution is -0.120. The van der Waals surface area contributed by atoms with Crippen LogP contribution in [-0.4, -0.2) is 39.0 Å². The number of rotatable bonds is 5. The molecule has 2 heterocycles. The smallest absolute Gasteiger partial charge is 0.287 e. The maximum absolute atomic E-state index is 11.5. The molecule has 0 aliphatic heterocycles. The molecule has 0 unspecified atom stereocenters. The largest absolute Gasteiger partial charge is 0.444 e. The molecule has 0 aliphatic rings. The second kappa shape index (κ2) is 6.09. The number of carbonyl (C=O) groups excluding carboxylic acids is 2. The first-order chi connectivity index (χ1) is 9.15. The number of tetrazole rings is 1. The number of halogens is 1. The Morgan fingerprint density at radius 2 is 2.21 bits per heavy atom. The first-order valence-electron chi connectivity index (χ1n) is 5.17. The zero-order valence-corrected chi connectivity index (χ0v) is 11.1. The summed E-state index contributed by atoms with van der Waals surface area (Å²) in [5, 5.41) is 17.9. The van der Waals surface area contributed by atoms with E-state index in [1.165, 1.54) is 6.07 Å². The van der Waals surface area contributed by atoms with E-state index in [4.69, 9.17) is 4.42 Å². The van der Waals surface area contributed by atoms with Gasteiger partial charge in [-0.05, 0) is 28.1 Å². The van der Waals surface area contributed by atoms with Crippen molar-refractivity contribution in [3.63, 3.8) is 0 Å². The van der Waals surface area contributed by atoms with Crippen LogP contribution in [0.4, 0.5) is 0 Å². The van der Waals surface area contributed by atoms with Gasteiger partial charge in [-0.15, -0.1) is 10.2 Å². The lowest BCUT2D eigenvalue weighted by atomic mass is 10.4. The van der Waals surface area contributed by atoms with E-state index >= 15 is 0 Å². The molecule has 0 aliphatic carbocycles. The number of amides is 2. The van der Waals surface area contributed by atoms with Crippen LogP contribution in [0.15, 0.2) is 21.2 Å². The quantitative estimate of drug-likeness (QED) is 0.685. The highest BCUT2D eigenvalue weighted by Gasteiger charge is 2.11. The molecule has 0 spiro atoms. The highest BCUT2D eigenvalue weighted by Crippen LogP contribution is 2.13. The molecule has 100 valence electrons. The number of H-pyrrole nitrogens is 1. The molecule has 0 radical (unpaired) electrons. The van der Waals surface area contributed by atoms with Crippen LogP contribution in [0.25, 0.3) is 0 Å². The average molecular weight is 329 g/mol. The summed E-state index contributed by atoms with van der Waals surface area (Å²) in [4.78, 5) is 23.0. The number of carbonyl (C=O) groups is 2. The van der Waals surface area contributed by atoms with Crippen molar-refractivity contribution < 1.29 is 14.0 Å². The van der Waals surface area contributed by atoms with Crippen LogP contribution >= 0.6 is 15.9 Å². The predicted molar refractivity (Wildman–Crippen MR) is 64.8 cm³/mol. The van der Waals surface area contributed by atoms with Crippen LogP contribution in [0.3, 0.4) is 0 Å². The Balaban J connectivity index is 1.73. The van der Waals surface area contributed by atoms with E-state index in [1.54, 1.807) is 6.07 Å². The third kappa shape index (κ3) is 3.88. The monoisotopic (exact) mass is 328 g/mol. The SMILES string of the molecule is O=C(CNC(=O)c1ccc(Br)o1)NCc1nn[nH]n1. The second-order valence-corrected chi connectivity index (χ2v) is 4.17. The summed E-state index contributed by atoms with van der Waals surface area (Å²) in [6.45, 7) is -0.0352. The highest BCUT2D eigenvalue weighted by atomic mass is 79.9. The molecule has 2 amide bonds. The summed E-state index contributed by atoms with van der Waals surface area (Å²) in [6, 6.07) is 3.09. The molecule has 2 aromatic heterocycles. The van der Waals surface area contributed by atoms with Gasteiger partial charge in [-0.25, -0.2) is 0 Å². The summed E-state index contributed by atoms with van der Waals surface area (Å²) in [6.07, 6.45) is 0. The molecule has 0 bridgehead atoms. The maximum Gasteiger partial charge on any atom is 0.287 e. The van der Waals surface area contributed by atoms with E-state index in [0.29, 0.717) is 10.5 Å². The van der Waals surface area contributed by atoms with E-state index in [2.05, 4.69) is 47.2 Å². The second-order valence-electron chi connectivity index (χ2n) is 3.39. The van der Waals surface area contributed by atoms with Crippen molar-refractivity contribution in [3.8, 4) is 0 Å². The Bertz CT molecular complexity index is 566. The van der Waals surface area contributed by atoms with E-state index in [0.717, 1.165) is 0 Å². The van der Waals surface area contributed by atoms with Crippen molar-refractivity contribution in [1.82, 2.24) is 31.3 Å². The van der Waals surface area contributed by atoms with Gasteiger partial charge in [0.2, 0.25) is 5.91 Å². The van der Waals surface area contributed by atoms with Crippen molar-refractivity contribution in [2.45, 2.75) is 6.54 Å². The molecule has 0 atom stereocenters. The van der Waals surface area contributed by atoms with E-state index in [9.17, 15) is 9.59 Å². The van der Waals surface area contributed by atoms with Crippen LogP contribution in [0.5, 0.6) is 0 Å². The minimum absolute atomic E-state index is 0.123. The maximum atomic E-state index is 11.5. The van der Waals surface area contributed by atoms with Crippen LogP contribution in [0.1, 0.15) is 16.4 Å². The fraction of sp³-hybridized carbons (Fsp3) is 0.222. The molecule has 10 heteroatoms. The molecule has 9 nitrogen and oxygen atoms in total. The average Bonchev–Trinajstić information content (AvgIpc) is 3.04. The third-order valence-electron chi connectivity index (χ3n) is 2.04. The number of nitrogens with one attached hydrogen (secondary N) is 3. The van der Waals surface area contributed by atoms with Gasteiger partial charge >= 0.3 is 0 Å². The molecule has 0 aromatic carbocycles. The van der Waals surface area contributed by atoms with Crippen LogP contribution in [0, 0.1) is 0 Å². The molecular formula is C9H9BrN6O3. The van der Waals surface area contributed by atoms with Crippen LogP contribution in [-0.2, 0) is 11.3 Å². The van der Waals surface area contributed by atoms with Gasteiger partial charge < -0.3 is 15.1 Å². The van der Waals surface area contributed by atoms with Gasteiger partial charge in [0.25, 0.3) is 5.91 Å². The van der Waals surface area contributed by atoms with Crippen molar-refractivity contribution in [3.05, 3.63) is 28.4 Å². The van der Waals surface area contributed by atoms with Crippen molar-refractivity contribution >= 4 is 27.7 Å². The van der Waals surface area contributed by atoms with Gasteiger partial charge in [0, 0.05) is 0 Å². The van der Waals surface area contributed by atoms with Crippen LogP contribution in [0.2, 0.25) is 0 Å². The molecule has 19 heavy (non-hydrogen) atoms. The normalized spacial score (nSPS) is 10.2. The minimum Gasteiger partial charge on any atom is -0.444 e. The third-order valence-corrected chi connectivity index (χ3v) is 2.47. The lowest BCUT2D eigenvalue weighted by Gasteiger charge is -2.03. The molecule has 2 rings (SSSR count). The number of hydrogen-bond donors (Lipinski definition) is 3. The molecule has 0 saturated heterocycles. The van der Waals surface area contributed by atoms with Gasteiger partial charge in [0.05, 0.1) is 13.1 Å². The summed E-state index contributed by atoms with van der Waals surface area (Å²) < 4.78 is 5.48. The standard InChI is InChI=1S/C9H9BrN6O3/c10-6-2-1-5(19-6)9(18)12-4-8(17)11-3-7-13-15-16-14-7/h1-2H,3-4H2,(H,11,17)(H,12,18)(H,13,14,15,16). The first-order valence-corrected chi connectivity index (χ1v) is 5.97. The van der Waals surface area contributed by atoms with E-state index < -0.39 is 5.91 Å². The number of furan rings is 1. The summed E-state index contributed by atoms with van der Waals surface area (Å²) >= 11 is 3.08. The van der Waals surface area contributed by atoms with Gasteiger partial charge in [0.1, 0.15) is 0 Å². The molecule has 3 N–H and O–H groups in total. The lowest BCUT2D eigenvalue weighted by Crippen LogP contribution is -2.36. The summed E-state index contributed by atoms with van der Waals surface area (Å²) in [5.41, 5.74) is 0. The van der Waals surface area contributed by atoms with Gasteiger partial charge in [-0.1, -0.05) is 5.21 Å². The van der Waals surface area contributed by atoms with Gasteiger partial charge in [-0.3, -0.25) is 9.59 Å². The Hall–Kier alpha value is -2.23. The topological polar surface area (TPSA) is 126 Å². The first kappa shape index (κ1) is 13.2. The number of hydrogen-bond acceptors (Lipinski definition) is 6. The van der Waals surface area contributed by atoms with Crippen molar-refractivity contribution in [2.75, 3.05) is 6.54 Å². The molecule has 2 aromatic rings. The number of aromatic amines is 1. The van der Waals surface area contributed by atoms with Crippen molar-refractivity contribution in [1.29, 1.82) is 0 Å². The zero-order valence-electron chi connectivity index (χ0n) is 9.51. The summed E-state index contributed by atoms with van der Waals surface area (Å²) in [5.74, 6) is -0.364. The fourth-order valence-electron chi connectivity index (χ4n) is 1.18. The van der Waals surface area contributed by atoms with Crippen LogP contribution < -0.4 is 10.6 Å². The zero-order chi connectivity index (χ0) is 13.7. The Kier molecular flexibility index (Phi) is 4.23. The Morgan fingerprint density at radius 1 is 1.37 bits per heavy atom. The molecule has 0 saturated carbocycles. The van der Waals surface area contributed by atoms with E-state index in [-0.39, 0.29) is 24.8 Å². The number of aromatic nitrogens is 4. The number of nitrogens with zero attached hydrogens (tertiary/aromatic N) is 3. The van der Waals surface area contributed by atoms with Crippen molar-refractivity contribution in [2.24, 2.45) is 0 Å². The predicted octanol–water partition coefficient (Wildman–Crippen LogP) is -0.399. The van der Waals surface area contributed by atoms with Gasteiger partial charge in [-0.2, -0.15) is 5.21 Å². The fourth-order valence-corrected chi connectivity index (χ4v) is 1.49. The molecular weight excluding hydrogens is 320 g/mol. The Morgan fingerprint density at radius 3 is 2.84 bits per heavy atom. The minimum atomic E-state index is -0.472. The van der Waals surface area contributed by atoms with E-state index in [1.807, 2.05) is 0 Å². The van der Waals surface area contributed by atoms with Gasteiger partial charge in [0.15, 0.2) is 16.3 Å². The summed E-state index contributed by atoms with van der Waals surface area (Å²) in [7, 11) is 0. The Labute approximate surface area is 115 Å². The molecule has 0 fully saturated rings. The highest BCUT2D eigenvalue weighted by molar-refractivity contribution is 9.10.